The van der Waals surface area contributed by atoms with Crippen LogP contribution in [0.15, 0.2) is 36.0 Å². The first-order valence-electron chi connectivity index (χ1n) is 4.26. The van der Waals surface area contributed by atoms with Gasteiger partial charge in [0.05, 0.1) is 4.48 Å². The summed E-state index contributed by atoms with van der Waals surface area (Å²) in [6, 6.07) is 8.77. The fourth-order valence-corrected chi connectivity index (χ4v) is 1.79. The Morgan fingerprint density at radius 2 is 1.73 bits per heavy atom. The second-order valence-corrected chi connectivity index (χ2v) is 3.76. The van der Waals surface area contributed by atoms with Gasteiger partial charge in [-0.2, -0.15) is 0 Å². The van der Waals surface area contributed by atoms with Crippen LogP contribution in [0.4, 0.5) is 4.79 Å². The standard InChI is InChI=1S/C10H7BrN2O2/c11-7(6-4-2-1-3-5-6)8-9(14)13-10(15)12-8/h1-5H,(H2,12,13,14,15)/b8-7-. The van der Waals surface area contributed by atoms with Crippen molar-refractivity contribution in [1.82, 2.24) is 10.6 Å². The van der Waals surface area contributed by atoms with Crippen LogP contribution < -0.4 is 10.6 Å². The molecule has 0 bridgehead atoms. The monoisotopic (exact) mass is 266 g/mol. The lowest BCUT2D eigenvalue weighted by atomic mass is 10.2. The average Bonchev–Trinajstić information content (AvgIpc) is 2.58. The lowest BCUT2D eigenvalue weighted by Gasteiger charge is -2.01. The third-order valence-corrected chi connectivity index (χ3v) is 2.79. The van der Waals surface area contributed by atoms with E-state index in [2.05, 4.69) is 26.6 Å². The minimum absolute atomic E-state index is 0.242. The number of benzene rings is 1. The van der Waals surface area contributed by atoms with Crippen LogP contribution in [-0.4, -0.2) is 11.9 Å². The number of carbonyl (C=O) groups excluding carboxylic acids is 2. The number of hydrogen-bond acceptors (Lipinski definition) is 2. The SMILES string of the molecule is O=C1NC(=O)/C(=C(/Br)c2ccccc2)N1. The summed E-state index contributed by atoms with van der Waals surface area (Å²) in [5.74, 6) is -0.421. The van der Waals surface area contributed by atoms with Gasteiger partial charge in [-0.1, -0.05) is 30.3 Å². The maximum atomic E-state index is 11.3. The Hall–Kier alpha value is -1.62. The highest BCUT2D eigenvalue weighted by Crippen LogP contribution is 2.24. The molecule has 15 heavy (non-hydrogen) atoms. The molecule has 5 heteroatoms. The van der Waals surface area contributed by atoms with E-state index in [1.54, 1.807) is 0 Å². The molecule has 0 spiro atoms. The lowest BCUT2D eigenvalue weighted by molar-refractivity contribution is -0.115. The molecule has 0 aromatic heterocycles. The highest BCUT2D eigenvalue weighted by Gasteiger charge is 2.26. The summed E-state index contributed by atoms with van der Waals surface area (Å²) in [6.07, 6.45) is 0. The van der Waals surface area contributed by atoms with Gasteiger partial charge in [0.1, 0.15) is 5.70 Å². The zero-order valence-corrected chi connectivity index (χ0v) is 9.17. The predicted octanol–water partition coefficient (Wildman–Crippen LogP) is 1.59. The Bertz CT molecular complexity index is 454. The van der Waals surface area contributed by atoms with E-state index < -0.39 is 11.9 Å². The van der Waals surface area contributed by atoms with E-state index in [4.69, 9.17) is 0 Å². The predicted molar refractivity (Wildman–Crippen MR) is 59.0 cm³/mol. The maximum Gasteiger partial charge on any atom is 0.326 e. The number of urea groups is 1. The molecule has 76 valence electrons. The summed E-state index contributed by atoms with van der Waals surface area (Å²) < 4.78 is 0.575. The van der Waals surface area contributed by atoms with Gasteiger partial charge in [0, 0.05) is 0 Å². The molecule has 4 nitrogen and oxygen atoms in total. The van der Waals surface area contributed by atoms with Gasteiger partial charge in [-0.15, -0.1) is 0 Å². The molecule has 2 rings (SSSR count). The van der Waals surface area contributed by atoms with Gasteiger partial charge in [0.2, 0.25) is 0 Å². The van der Waals surface area contributed by atoms with Crippen molar-refractivity contribution >= 4 is 32.4 Å². The molecule has 1 heterocycles. The fourth-order valence-electron chi connectivity index (χ4n) is 1.25. The van der Waals surface area contributed by atoms with Gasteiger partial charge in [0.15, 0.2) is 0 Å². The second-order valence-electron chi connectivity index (χ2n) is 2.96. The molecule has 1 fully saturated rings. The molecule has 0 radical (unpaired) electrons. The van der Waals surface area contributed by atoms with Crippen LogP contribution in [0.3, 0.4) is 0 Å². The Balaban J connectivity index is 2.42. The topological polar surface area (TPSA) is 58.2 Å². The van der Waals surface area contributed by atoms with Crippen LogP contribution in [0.5, 0.6) is 0 Å². The van der Waals surface area contributed by atoms with Crippen molar-refractivity contribution in [3.8, 4) is 0 Å². The smallest absolute Gasteiger partial charge is 0.302 e. The maximum absolute atomic E-state index is 11.3. The number of rotatable bonds is 1. The molecule has 0 saturated carbocycles. The van der Waals surface area contributed by atoms with E-state index in [9.17, 15) is 9.59 Å². The van der Waals surface area contributed by atoms with E-state index in [-0.39, 0.29) is 5.70 Å². The van der Waals surface area contributed by atoms with Crippen molar-refractivity contribution in [2.24, 2.45) is 0 Å². The molecule has 0 unspecified atom stereocenters. The van der Waals surface area contributed by atoms with Crippen LogP contribution in [-0.2, 0) is 4.79 Å². The average molecular weight is 267 g/mol. The Morgan fingerprint density at radius 1 is 1.07 bits per heavy atom. The van der Waals surface area contributed by atoms with Crippen molar-refractivity contribution in [2.45, 2.75) is 0 Å². The minimum atomic E-state index is -0.497. The number of imide groups is 1. The molecule has 1 aromatic rings. The number of hydrogen-bond donors (Lipinski definition) is 2. The van der Waals surface area contributed by atoms with Gasteiger partial charge in [-0.3, -0.25) is 10.1 Å². The summed E-state index contributed by atoms with van der Waals surface area (Å²) in [6.45, 7) is 0. The van der Waals surface area contributed by atoms with Gasteiger partial charge in [-0.05, 0) is 21.5 Å². The largest absolute Gasteiger partial charge is 0.326 e. The van der Waals surface area contributed by atoms with Gasteiger partial charge < -0.3 is 5.32 Å². The third kappa shape index (κ3) is 1.92. The Labute approximate surface area is 94.5 Å². The fraction of sp³-hybridized carbons (Fsp3) is 0. The molecule has 0 atom stereocenters. The van der Waals surface area contributed by atoms with E-state index in [1.807, 2.05) is 30.3 Å². The number of halogens is 1. The van der Waals surface area contributed by atoms with Gasteiger partial charge >= 0.3 is 6.03 Å². The number of amides is 3. The summed E-state index contributed by atoms with van der Waals surface area (Å²) in [5.41, 5.74) is 1.08. The van der Waals surface area contributed by atoms with Crippen molar-refractivity contribution in [3.05, 3.63) is 41.6 Å². The van der Waals surface area contributed by atoms with Gasteiger partial charge in [-0.25, -0.2) is 4.79 Å². The summed E-state index contributed by atoms with van der Waals surface area (Å²) in [5, 5.41) is 4.58. The molecule has 3 amide bonds. The molecular formula is C10H7BrN2O2. The molecule has 2 N–H and O–H groups in total. The van der Waals surface area contributed by atoms with E-state index in [0.29, 0.717) is 4.48 Å². The van der Waals surface area contributed by atoms with Gasteiger partial charge in [0.25, 0.3) is 5.91 Å². The van der Waals surface area contributed by atoms with Crippen molar-refractivity contribution in [1.29, 1.82) is 0 Å². The van der Waals surface area contributed by atoms with Crippen molar-refractivity contribution in [3.63, 3.8) is 0 Å². The Kier molecular flexibility index (Phi) is 2.55. The quantitative estimate of drug-likeness (QED) is 0.599. The van der Waals surface area contributed by atoms with E-state index in [0.717, 1.165) is 5.56 Å². The van der Waals surface area contributed by atoms with Crippen LogP contribution in [0.2, 0.25) is 0 Å². The van der Waals surface area contributed by atoms with E-state index >= 15 is 0 Å². The first-order chi connectivity index (χ1) is 7.18. The minimum Gasteiger partial charge on any atom is -0.302 e. The van der Waals surface area contributed by atoms with Crippen LogP contribution in [0, 0.1) is 0 Å². The zero-order chi connectivity index (χ0) is 10.8. The third-order valence-electron chi connectivity index (χ3n) is 1.94. The summed E-state index contributed by atoms with van der Waals surface area (Å²) in [4.78, 5) is 22.2. The molecule has 0 aliphatic carbocycles. The lowest BCUT2D eigenvalue weighted by Crippen LogP contribution is -2.22. The highest BCUT2D eigenvalue weighted by atomic mass is 79.9. The summed E-state index contributed by atoms with van der Waals surface area (Å²) >= 11 is 3.28. The first kappa shape index (κ1) is 9.92. The number of nitrogens with one attached hydrogen (secondary N) is 2. The van der Waals surface area contributed by atoms with Crippen LogP contribution in [0.25, 0.3) is 4.48 Å². The van der Waals surface area contributed by atoms with Crippen LogP contribution in [0.1, 0.15) is 5.56 Å². The molecule has 1 saturated heterocycles. The normalized spacial score (nSPS) is 18.5. The molecular weight excluding hydrogens is 260 g/mol. The van der Waals surface area contributed by atoms with Crippen molar-refractivity contribution < 1.29 is 9.59 Å². The molecule has 1 aliphatic heterocycles. The highest BCUT2D eigenvalue weighted by molar-refractivity contribution is 9.15. The van der Waals surface area contributed by atoms with Crippen molar-refractivity contribution in [2.75, 3.05) is 0 Å². The second kappa shape index (κ2) is 3.86. The summed E-state index contributed by atoms with van der Waals surface area (Å²) in [7, 11) is 0. The molecule has 1 aromatic carbocycles. The Morgan fingerprint density at radius 3 is 2.27 bits per heavy atom. The molecule has 1 aliphatic rings. The number of carbonyl (C=O) groups is 2. The van der Waals surface area contributed by atoms with E-state index in [1.165, 1.54) is 0 Å². The first-order valence-corrected chi connectivity index (χ1v) is 5.05. The zero-order valence-electron chi connectivity index (χ0n) is 7.58. The van der Waals surface area contributed by atoms with Crippen LogP contribution >= 0.6 is 15.9 Å².